The summed E-state index contributed by atoms with van der Waals surface area (Å²) in [5.74, 6) is -6.47. The molecule has 6 atom stereocenters. The number of likely N-dealkylation sites (N-methyl/N-ethyl adjacent to an activating group) is 1. The molecule has 0 saturated heterocycles. The van der Waals surface area contributed by atoms with Crippen molar-refractivity contribution in [1.29, 1.82) is 0 Å². The van der Waals surface area contributed by atoms with Crippen molar-refractivity contribution in [1.82, 2.24) is 4.90 Å². The zero-order valence-electron chi connectivity index (χ0n) is 19.6. The van der Waals surface area contributed by atoms with Gasteiger partial charge in [0.25, 0.3) is 5.91 Å². The van der Waals surface area contributed by atoms with E-state index >= 15 is 0 Å². The number of aliphatic hydroxyl groups is 3. The highest BCUT2D eigenvalue weighted by Gasteiger charge is 2.63. The van der Waals surface area contributed by atoms with Crippen molar-refractivity contribution in [3.8, 4) is 5.75 Å². The van der Waals surface area contributed by atoms with Gasteiger partial charge >= 0.3 is 0 Å². The summed E-state index contributed by atoms with van der Waals surface area (Å²) in [6.07, 6.45) is -0.368. The first-order chi connectivity index (χ1) is 15.8. The third kappa shape index (κ3) is 2.95. The molecule has 3 aliphatic rings. The van der Waals surface area contributed by atoms with Gasteiger partial charge in [0, 0.05) is 31.5 Å². The minimum absolute atomic E-state index is 0.0338. The van der Waals surface area contributed by atoms with E-state index in [0.29, 0.717) is 11.3 Å². The molecule has 3 aliphatic carbocycles. The second-order valence-corrected chi connectivity index (χ2v) is 9.74. The Labute approximate surface area is 196 Å². The highest BCUT2D eigenvalue weighted by molar-refractivity contribution is 6.24. The Balaban J connectivity index is 1.99. The van der Waals surface area contributed by atoms with Crippen LogP contribution in [-0.2, 0) is 9.59 Å². The first-order valence-corrected chi connectivity index (χ1v) is 10.9. The first kappa shape index (κ1) is 23.9. The summed E-state index contributed by atoms with van der Waals surface area (Å²) >= 11 is 0. The molecule has 0 unspecified atom stereocenters. The van der Waals surface area contributed by atoms with Crippen LogP contribution in [0.2, 0.25) is 0 Å². The Kier molecular flexibility index (Phi) is 5.39. The summed E-state index contributed by atoms with van der Waals surface area (Å²) in [6, 6.07) is 2.28. The number of Topliss-reactive ketones (excluding diaryl/α,β-unsaturated/α-hetero) is 2. The summed E-state index contributed by atoms with van der Waals surface area (Å²) in [5, 5.41) is 44.8. The van der Waals surface area contributed by atoms with E-state index in [2.05, 4.69) is 0 Å². The van der Waals surface area contributed by atoms with E-state index in [1.165, 1.54) is 4.90 Å². The van der Waals surface area contributed by atoms with Crippen LogP contribution < -0.4 is 10.6 Å². The lowest BCUT2D eigenvalue weighted by Gasteiger charge is -2.52. The number of carbonyl (C=O) groups is 3. The number of ketones is 2. The molecular formula is C24H29N3O7. The average Bonchev–Trinajstić information content (AvgIpc) is 2.72. The molecule has 34 heavy (non-hydrogen) atoms. The molecule has 6 N–H and O–H groups in total. The molecule has 182 valence electrons. The Morgan fingerprint density at radius 2 is 1.74 bits per heavy atom. The van der Waals surface area contributed by atoms with Gasteiger partial charge in [-0.15, -0.1) is 0 Å². The Morgan fingerprint density at radius 3 is 2.26 bits per heavy atom. The molecule has 4 rings (SSSR count). The van der Waals surface area contributed by atoms with Crippen LogP contribution >= 0.6 is 0 Å². The maximum Gasteiger partial charge on any atom is 0.255 e. The third-order valence-electron chi connectivity index (χ3n) is 7.44. The number of phenolic OH excluding ortho intramolecular Hbond substituents is 1. The van der Waals surface area contributed by atoms with E-state index in [-0.39, 0.29) is 16.9 Å². The number of hydrogen-bond acceptors (Lipinski definition) is 9. The van der Waals surface area contributed by atoms with Crippen LogP contribution in [0.3, 0.4) is 0 Å². The normalized spacial score (nSPS) is 32.7. The van der Waals surface area contributed by atoms with Gasteiger partial charge < -0.3 is 31.1 Å². The Bertz CT molecular complexity index is 1190. The van der Waals surface area contributed by atoms with Gasteiger partial charge in [-0.3, -0.25) is 19.3 Å². The van der Waals surface area contributed by atoms with Crippen LogP contribution in [0, 0.1) is 11.8 Å². The number of nitrogens with two attached hydrogens (primary N) is 1. The number of phenols is 1. The van der Waals surface area contributed by atoms with E-state index in [4.69, 9.17) is 5.73 Å². The maximum atomic E-state index is 13.6. The molecule has 1 amide bonds. The van der Waals surface area contributed by atoms with E-state index in [0.717, 1.165) is 6.08 Å². The number of aromatic hydroxyl groups is 1. The molecule has 0 saturated carbocycles. The SMILES string of the molecule is C[C@H]1c2ccc(N(C)C)c(O)c2C(=O)C2=C[C@]3(O)C(=O)C(C(N)=O)=C(O)[C@@H](N(C)C)[C@@H]3[C@@H](O)[C@@H]21. The van der Waals surface area contributed by atoms with Crippen molar-refractivity contribution in [2.45, 2.75) is 30.6 Å². The number of primary amides is 1. The van der Waals surface area contributed by atoms with Crippen LogP contribution in [0.4, 0.5) is 5.69 Å². The maximum absolute atomic E-state index is 13.6. The standard InChI is InChI=1S/C24H29N3O7/c1-9-10-6-7-12(26(2)3)19(29)14(10)18(28)11-8-24(34)16(20(30)13(9)11)17(27(4)5)21(31)15(22(24)32)23(25)33/h6-9,13,16-17,20,29-31,34H,1-5H3,(H2,25,33)/t9-,13+,16+,17-,20-,24+/m0/s1. The second-order valence-electron chi connectivity index (χ2n) is 9.74. The fraction of sp³-hybridized carbons (Fsp3) is 0.458. The van der Waals surface area contributed by atoms with Crippen molar-refractivity contribution in [3.05, 3.63) is 46.2 Å². The molecule has 1 aromatic rings. The predicted molar refractivity (Wildman–Crippen MR) is 123 cm³/mol. The van der Waals surface area contributed by atoms with E-state index in [9.17, 15) is 34.8 Å². The van der Waals surface area contributed by atoms with E-state index < -0.39 is 64.3 Å². The van der Waals surface area contributed by atoms with Gasteiger partial charge in [-0.05, 0) is 37.7 Å². The van der Waals surface area contributed by atoms with Gasteiger partial charge in [-0.2, -0.15) is 0 Å². The zero-order valence-corrected chi connectivity index (χ0v) is 19.6. The minimum Gasteiger partial charge on any atom is -0.510 e. The molecule has 10 nitrogen and oxygen atoms in total. The van der Waals surface area contributed by atoms with Crippen molar-refractivity contribution in [2.24, 2.45) is 17.6 Å². The van der Waals surface area contributed by atoms with Gasteiger partial charge in [0.2, 0.25) is 5.78 Å². The first-order valence-electron chi connectivity index (χ1n) is 10.9. The van der Waals surface area contributed by atoms with E-state index in [1.807, 2.05) is 0 Å². The molecule has 0 fully saturated rings. The number of fused-ring (bicyclic) bond motifs is 3. The van der Waals surface area contributed by atoms with Crippen molar-refractivity contribution in [2.75, 3.05) is 33.1 Å². The lowest BCUT2D eigenvalue weighted by Crippen LogP contribution is -2.66. The number of anilines is 1. The number of nitrogens with zero attached hydrogens (tertiary/aromatic N) is 2. The third-order valence-corrected chi connectivity index (χ3v) is 7.44. The number of aliphatic hydroxyl groups excluding tert-OH is 2. The number of benzene rings is 1. The van der Waals surface area contributed by atoms with Crippen molar-refractivity contribution >= 4 is 23.2 Å². The highest BCUT2D eigenvalue weighted by atomic mass is 16.3. The number of amides is 1. The fourth-order valence-corrected chi connectivity index (χ4v) is 5.87. The lowest BCUT2D eigenvalue weighted by molar-refractivity contribution is -0.152. The predicted octanol–water partition coefficient (Wildman–Crippen LogP) is -0.167. The fourth-order valence-electron chi connectivity index (χ4n) is 5.87. The number of rotatable bonds is 3. The van der Waals surface area contributed by atoms with E-state index in [1.54, 1.807) is 52.1 Å². The molecule has 0 radical (unpaired) electrons. The van der Waals surface area contributed by atoms with Gasteiger partial charge in [0.1, 0.15) is 17.1 Å². The summed E-state index contributed by atoms with van der Waals surface area (Å²) in [4.78, 5) is 42.0. The average molecular weight is 472 g/mol. The summed E-state index contributed by atoms with van der Waals surface area (Å²) in [5.41, 5.74) is 3.04. The molecular weight excluding hydrogens is 442 g/mol. The zero-order chi connectivity index (χ0) is 25.4. The van der Waals surface area contributed by atoms with Crippen molar-refractivity contribution in [3.63, 3.8) is 0 Å². The monoisotopic (exact) mass is 471 g/mol. The number of carbonyl (C=O) groups excluding carboxylic acids is 3. The van der Waals surface area contributed by atoms with Crippen molar-refractivity contribution < 1.29 is 34.8 Å². The van der Waals surface area contributed by atoms with Crippen LogP contribution in [0.25, 0.3) is 0 Å². The molecule has 10 heteroatoms. The molecule has 0 aromatic heterocycles. The van der Waals surface area contributed by atoms with Crippen LogP contribution in [0.15, 0.2) is 35.1 Å². The lowest BCUT2D eigenvalue weighted by atomic mass is 9.56. The minimum atomic E-state index is -2.47. The molecule has 0 bridgehead atoms. The highest BCUT2D eigenvalue weighted by Crippen LogP contribution is 2.54. The molecule has 0 spiro atoms. The Hall–Kier alpha value is -3.21. The molecule has 0 aliphatic heterocycles. The molecule has 0 heterocycles. The van der Waals surface area contributed by atoms with Gasteiger partial charge in [-0.25, -0.2) is 0 Å². The summed E-state index contributed by atoms with van der Waals surface area (Å²) in [6.45, 7) is 1.78. The topological polar surface area (TPSA) is 165 Å². The second kappa shape index (κ2) is 7.66. The summed E-state index contributed by atoms with van der Waals surface area (Å²) in [7, 11) is 6.55. The molecule has 1 aromatic carbocycles. The number of hydrogen-bond donors (Lipinski definition) is 5. The smallest absolute Gasteiger partial charge is 0.255 e. The van der Waals surface area contributed by atoms with Crippen LogP contribution in [0.1, 0.15) is 28.8 Å². The van der Waals surface area contributed by atoms with Gasteiger partial charge in [-0.1, -0.05) is 13.0 Å². The van der Waals surface area contributed by atoms with Gasteiger partial charge in [0.15, 0.2) is 11.4 Å². The quantitative estimate of drug-likeness (QED) is 0.377. The van der Waals surface area contributed by atoms with Crippen LogP contribution in [0.5, 0.6) is 5.75 Å². The van der Waals surface area contributed by atoms with Gasteiger partial charge in [0.05, 0.1) is 23.4 Å². The van der Waals surface area contributed by atoms with Crippen LogP contribution in [-0.4, -0.2) is 88.7 Å². The largest absolute Gasteiger partial charge is 0.510 e. The summed E-state index contributed by atoms with van der Waals surface area (Å²) < 4.78 is 0. The Morgan fingerprint density at radius 1 is 1.12 bits per heavy atom.